The molecule has 1 aliphatic rings. The van der Waals surface area contributed by atoms with E-state index in [0.717, 1.165) is 13.1 Å². The van der Waals surface area contributed by atoms with Gasteiger partial charge < -0.3 is 0 Å². The van der Waals surface area contributed by atoms with Crippen molar-refractivity contribution in [2.75, 3.05) is 18.8 Å². The minimum Gasteiger partial charge on any atom is -0.296 e. The average Bonchev–Trinajstić information content (AvgIpc) is 2.83. The molecule has 1 aromatic rings. The third-order valence-electron chi connectivity index (χ3n) is 3.44. The highest BCUT2D eigenvalue weighted by molar-refractivity contribution is 7.89. The van der Waals surface area contributed by atoms with Crippen LogP contribution in [0.25, 0.3) is 0 Å². The van der Waals surface area contributed by atoms with E-state index in [4.69, 9.17) is 5.14 Å². The van der Waals surface area contributed by atoms with E-state index in [-0.39, 0.29) is 11.8 Å². The first-order chi connectivity index (χ1) is 8.56. The minimum atomic E-state index is -3.38. The molecule has 2 rings (SSSR count). The Bertz CT molecular complexity index is 467. The summed E-state index contributed by atoms with van der Waals surface area (Å²) >= 11 is 0. The summed E-state index contributed by atoms with van der Waals surface area (Å²) < 4.78 is 22.3. The normalized spacial score (nSPS) is 18.9. The van der Waals surface area contributed by atoms with Crippen LogP contribution in [0.5, 0.6) is 0 Å². The molecule has 18 heavy (non-hydrogen) atoms. The summed E-state index contributed by atoms with van der Waals surface area (Å²) in [5, 5.41) is 5.11. The zero-order chi connectivity index (χ0) is 13.0. The zero-order valence-corrected chi connectivity index (χ0v) is 11.3. The van der Waals surface area contributed by atoms with Gasteiger partial charge >= 0.3 is 0 Å². The maximum atomic E-state index is 11.1. The van der Waals surface area contributed by atoms with Crippen molar-refractivity contribution in [1.29, 1.82) is 0 Å². The van der Waals surface area contributed by atoms with Crippen molar-refractivity contribution in [3.05, 3.63) is 35.9 Å². The zero-order valence-electron chi connectivity index (χ0n) is 10.5. The fourth-order valence-electron chi connectivity index (χ4n) is 2.56. The van der Waals surface area contributed by atoms with Crippen LogP contribution >= 0.6 is 0 Å². The number of hydrogen-bond donors (Lipinski definition) is 1. The maximum Gasteiger partial charge on any atom is 0.209 e. The van der Waals surface area contributed by atoms with Gasteiger partial charge in [0.15, 0.2) is 0 Å². The summed E-state index contributed by atoms with van der Waals surface area (Å²) in [7, 11) is -3.38. The summed E-state index contributed by atoms with van der Waals surface area (Å²) in [5.74, 6) is 0.0447. The van der Waals surface area contributed by atoms with E-state index < -0.39 is 10.0 Å². The Morgan fingerprint density at radius 3 is 2.33 bits per heavy atom. The molecule has 2 N–H and O–H groups in total. The molecule has 1 saturated heterocycles. The van der Waals surface area contributed by atoms with Crippen LogP contribution in [0.3, 0.4) is 0 Å². The predicted octanol–water partition coefficient (Wildman–Crippen LogP) is 1.50. The van der Waals surface area contributed by atoms with Crippen LogP contribution in [0.1, 0.15) is 30.9 Å². The number of nitrogens with zero attached hydrogens (tertiary/aromatic N) is 1. The van der Waals surface area contributed by atoms with Crippen molar-refractivity contribution in [3.63, 3.8) is 0 Å². The van der Waals surface area contributed by atoms with Crippen molar-refractivity contribution >= 4 is 10.0 Å². The molecule has 0 aromatic heterocycles. The van der Waals surface area contributed by atoms with E-state index in [0.29, 0.717) is 6.42 Å². The number of benzene rings is 1. The fourth-order valence-corrected chi connectivity index (χ4v) is 3.12. The quantitative estimate of drug-likeness (QED) is 0.880. The molecule has 1 fully saturated rings. The summed E-state index contributed by atoms with van der Waals surface area (Å²) in [5.41, 5.74) is 1.18. The molecule has 5 heteroatoms. The first kappa shape index (κ1) is 13.5. The lowest BCUT2D eigenvalue weighted by Gasteiger charge is -2.27. The Morgan fingerprint density at radius 2 is 1.78 bits per heavy atom. The van der Waals surface area contributed by atoms with Gasteiger partial charge in [0.2, 0.25) is 10.0 Å². The van der Waals surface area contributed by atoms with E-state index in [2.05, 4.69) is 17.0 Å². The number of hydrogen-bond acceptors (Lipinski definition) is 3. The number of nitrogens with two attached hydrogens (primary N) is 1. The van der Waals surface area contributed by atoms with Gasteiger partial charge in [0.1, 0.15) is 0 Å². The first-order valence-electron chi connectivity index (χ1n) is 6.36. The average molecular weight is 268 g/mol. The van der Waals surface area contributed by atoms with Gasteiger partial charge in [0.25, 0.3) is 0 Å². The van der Waals surface area contributed by atoms with E-state index in [1.165, 1.54) is 18.4 Å². The first-order valence-corrected chi connectivity index (χ1v) is 8.07. The molecular weight excluding hydrogens is 248 g/mol. The molecule has 100 valence electrons. The Morgan fingerprint density at radius 1 is 1.17 bits per heavy atom. The van der Waals surface area contributed by atoms with E-state index in [1.54, 1.807) is 0 Å². The van der Waals surface area contributed by atoms with Gasteiger partial charge in [-0.15, -0.1) is 0 Å². The van der Waals surface area contributed by atoms with Crippen LogP contribution in [0.15, 0.2) is 30.3 Å². The molecule has 1 heterocycles. The highest BCUT2D eigenvalue weighted by Gasteiger charge is 2.24. The molecular formula is C13H20N2O2S. The van der Waals surface area contributed by atoms with Gasteiger partial charge in [-0.3, -0.25) is 4.90 Å². The van der Waals surface area contributed by atoms with Crippen LogP contribution < -0.4 is 5.14 Å². The summed E-state index contributed by atoms with van der Waals surface area (Å²) in [6, 6.07) is 10.3. The van der Waals surface area contributed by atoms with Crippen LogP contribution in [0.4, 0.5) is 0 Å². The fraction of sp³-hybridized carbons (Fsp3) is 0.538. The molecule has 1 atom stereocenters. The molecule has 1 aliphatic heterocycles. The maximum absolute atomic E-state index is 11.1. The van der Waals surface area contributed by atoms with Gasteiger partial charge in [0, 0.05) is 6.04 Å². The molecule has 0 amide bonds. The summed E-state index contributed by atoms with van der Waals surface area (Å²) in [4.78, 5) is 2.36. The smallest absolute Gasteiger partial charge is 0.209 e. The second-order valence-electron chi connectivity index (χ2n) is 4.83. The van der Waals surface area contributed by atoms with Crippen LogP contribution in [0.2, 0.25) is 0 Å². The van der Waals surface area contributed by atoms with Gasteiger partial charge in [0.05, 0.1) is 5.75 Å². The Kier molecular flexibility index (Phi) is 4.37. The predicted molar refractivity (Wildman–Crippen MR) is 72.6 cm³/mol. The van der Waals surface area contributed by atoms with Gasteiger partial charge in [-0.05, 0) is 37.9 Å². The third kappa shape index (κ3) is 3.80. The summed E-state index contributed by atoms with van der Waals surface area (Å²) in [6.07, 6.45) is 2.96. The number of rotatable bonds is 5. The topological polar surface area (TPSA) is 63.4 Å². The third-order valence-corrected chi connectivity index (χ3v) is 4.25. The highest BCUT2D eigenvalue weighted by atomic mass is 32.2. The van der Waals surface area contributed by atoms with Gasteiger partial charge in [-0.2, -0.15) is 0 Å². The number of sulfonamides is 1. The van der Waals surface area contributed by atoms with E-state index in [9.17, 15) is 8.42 Å². The standard InChI is InChI=1S/C13H20N2O2S/c14-18(16,17)11-8-13(15-9-4-5-10-15)12-6-2-1-3-7-12/h1-3,6-7,13H,4-5,8-11H2,(H2,14,16,17). The summed E-state index contributed by atoms with van der Waals surface area (Å²) in [6.45, 7) is 2.09. The molecule has 1 aromatic carbocycles. The number of primary sulfonamides is 1. The van der Waals surface area contributed by atoms with Crippen molar-refractivity contribution in [2.45, 2.75) is 25.3 Å². The van der Waals surface area contributed by atoms with Gasteiger partial charge in [-0.1, -0.05) is 30.3 Å². The molecule has 0 spiro atoms. The highest BCUT2D eigenvalue weighted by Crippen LogP contribution is 2.28. The lowest BCUT2D eigenvalue weighted by Crippen LogP contribution is -2.28. The molecule has 0 saturated carbocycles. The largest absolute Gasteiger partial charge is 0.296 e. The Labute approximate surface area is 109 Å². The second-order valence-corrected chi connectivity index (χ2v) is 6.56. The molecule has 0 radical (unpaired) electrons. The van der Waals surface area contributed by atoms with Crippen LogP contribution in [0, 0.1) is 0 Å². The van der Waals surface area contributed by atoms with Crippen LogP contribution in [-0.2, 0) is 10.0 Å². The van der Waals surface area contributed by atoms with Crippen molar-refractivity contribution in [2.24, 2.45) is 5.14 Å². The molecule has 1 unspecified atom stereocenters. The Hall–Kier alpha value is -0.910. The number of likely N-dealkylation sites (tertiary alicyclic amines) is 1. The lowest BCUT2D eigenvalue weighted by molar-refractivity contribution is 0.240. The minimum absolute atomic E-state index is 0.0447. The monoisotopic (exact) mass is 268 g/mol. The molecule has 0 bridgehead atoms. The van der Waals surface area contributed by atoms with E-state index in [1.807, 2.05) is 18.2 Å². The van der Waals surface area contributed by atoms with Crippen molar-refractivity contribution in [1.82, 2.24) is 4.90 Å². The SMILES string of the molecule is NS(=O)(=O)CCC(c1ccccc1)N1CCCC1. The van der Waals surface area contributed by atoms with Crippen LogP contribution in [-0.4, -0.2) is 32.2 Å². The second kappa shape index (κ2) is 5.82. The van der Waals surface area contributed by atoms with E-state index >= 15 is 0 Å². The van der Waals surface area contributed by atoms with Crippen molar-refractivity contribution < 1.29 is 8.42 Å². The lowest BCUT2D eigenvalue weighted by atomic mass is 10.0. The molecule has 0 aliphatic carbocycles. The van der Waals surface area contributed by atoms with Gasteiger partial charge in [-0.25, -0.2) is 13.6 Å². The van der Waals surface area contributed by atoms with Crippen molar-refractivity contribution in [3.8, 4) is 0 Å². The molecule has 4 nitrogen and oxygen atoms in total. The Balaban J connectivity index is 2.12.